The van der Waals surface area contributed by atoms with Crippen LogP contribution in [0.4, 0.5) is 8.78 Å². The van der Waals surface area contributed by atoms with E-state index < -0.39 is 48.0 Å². The monoisotopic (exact) mass is 615 g/mol. The summed E-state index contributed by atoms with van der Waals surface area (Å²) < 4.78 is 85.6. The molecular formula is C31H31F2NO6S2. The number of carbonyl (C=O) groups is 1. The Hall–Kier alpha value is -3.31. The van der Waals surface area contributed by atoms with Crippen LogP contribution in [0.3, 0.4) is 0 Å². The highest BCUT2D eigenvalue weighted by Gasteiger charge is 2.61. The van der Waals surface area contributed by atoms with E-state index in [-0.39, 0.29) is 60.3 Å². The molecule has 3 aromatic carbocycles. The molecule has 1 aliphatic carbocycles. The first-order valence-corrected chi connectivity index (χ1v) is 17.3. The highest BCUT2D eigenvalue weighted by molar-refractivity contribution is 7.92. The Kier molecular flexibility index (Phi) is 7.37. The zero-order valence-electron chi connectivity index (χ0n) is 22.8. The number of rotatable bonds is 6. The second-order valence-corrected chi connectivity index (χ2v) is 15.8. The van der Waals surface area contributed by atoms with Crippen LogP contribution in [0.15, 0.2) is 71.6 Å². The van der Waals surface area contributed by atoms with Crippen molar-refractivity contribution >= 4 is 25.6 Å². The van der Waals surface area contributed by atoms with E-state index in [1.165, 1.54) is 6.07 Å². The third kappa shape index (κ3) is 4.80. The fraction of sp³-hybridized carbons (Fsp3) is 0.387. The summed E-state index contributed by atoms with van der Waals surface area (Å²) in [6.07, 6.45) is 1.53. The van der Waals surface area contributed by atoms with Crippen LogP contribution in [0.25, 0.3) is 0 Å². The van der Waals surface area contributed by atoms with E-state index in [0.717, 1.165) is 17.7 Å². The number of ether oxygens (including phenoxy) is 1. The molecule has 6 rings (SSSR count). The van der Waals surface area contributed by atoms with E-state index in [1.54, 1.807) is 53.4 Å². The number of likely N-dealkylation sites (tertiary alicyclic amines) is 1. The van der Waals surface area contributed by atoms with Gasteiger partial charge in [-0.1, -0.05) is 30.3 Å². The normalized spacial score (nSPS) is 23.7. The molecule has 11 heteroatoms. The fourth-order valence-electron chi connectivity index (χ4n) is 6.86. The molecule has 0 aromatic heterocycles. The Morgan fingerprint density at radius 3 is 2.33 bits per heavy atom. The van der Waals surface area contributed by atoms with Gasteiger partial charge in [-0.05, 0) is 79.6 Å². The lowest BCUT2D eigenvalue weighted by atomic mass is 9.78. The van der Waals surface area contributed by atoms with Crippen LogP contribution in [-0.2, 0) is 42.2 Å². The molecule has 1 amide bonds. The number of nitrogens with zero attached hydrogens (tertiary/aromatic N) is 1. The molecule has 2 heterocycles. The van der Waals surface area contributed by atoms with Crippen molar-refractivity contribution < 1.29 is 35.1 Å². The standard InChI is InChI=1S/C31H31F2NO6S2/c32-27-7-4-8-28(33)25(27)20-40-23-10-11-26-22(19-23)9-12-29-31(26,42(38,39)24-5-2-1-3-6-24)15-16-34(29)30(35)21-13-17-41(36,37)18-14-21/h1-8,10-11,19,21,29H,9,12-18,20H2/t29-,31-/m1/s1. The number of hydrogen-bond donors (Lipinski definition) is 0. The average Bonchev–Trinajstić information content (AvgIpc) is 3.39. The number of aryl methyl sites for hydroxylation is 1. The molecule has 7 nitrogen and oxygen atoms in total. The minimum Gasteiger partial charge on any atom is -0.489 e. The van der Waals surface area contributed by atoms with E-state index in [9.17, 15) is 30.4 Å². The highest BCUT2D eigenvalue weighted by Crippen LogP contribution is 2.53. The van der Waals surface area contributed by atoms with Gasteiger partial charge in [-0.2, -0.15) is 0 Å². The fourth-order valence-corrected chi connectivity index (χ4v) is 10.7. The zero-order chi connectivity index (χ0) is 29.7. The summed E-state index contributed by atoms with van der Waals surface area (Å²) in [5, 5.41) is 0. The molecule has 3 aromatic rings. The summed E-state index contributed by atoms with van der Waals surface area (Å²) in [5.74, 6) is -1.80. The zero-order valence-corrected chi connectivity index (χ0v) is 24.5. The summed E-state index contributed by atoms with van der Waals surface area (Å²) in [4.78, 5) is 15.6. The molecule has 222 valence electrons. The van der Waals surface area contributed by atoms with Crippen LogP contribution in [0.1, 0.15) is 42.4 Å². The number of amides is 1. The topological polar surface area (TPSA) is 97.8 Å². The Morgan fingerprint density at radius 2 is 1.64 bits per heavy atom. The lowest BCUT2D eigenvalue weighted by Gasteiger charge is -2.43. The lowest BCUT2D eigenvalue weighted by Crippen LogP contribution is -2.53. The van der Waals surface area contributed by atoms with Crippen molar-refractivity contribution in [3.8, 4) is 5.75 Å². The summed E-state index contributed by atoms with van der Waals surface area (Å²) in [5.41, 5.74) is 1.14. The molecule has 2 atom stereocenters. The number of halogens is 2. The van der Waals surface area contributed by atoms with Crippen molar-refractivity contribution in [2.75, 3.05) is 18.1 Å². The Morgan fingerprint density at radius 1 is 0.952 bits per heavy atom. The molecule has 2 saturated heterocycles. The van der Waals surface area contributed by atoms with Gasteiger partial charge in [0, 0.05) is 12.5 Å². The second-order valence-electron chi connectivity index (χ2n) is 11.3. The van der Waals surface area contributed by atoms with Gasteiger partial charge in [-0.25, -0.2) is 25.6 Å². The van der Waals surface area contributed by atoms with E-state index >= 15 is 0 Å². The SMILES string of the molecule is O=C(C1CCS(=O)(=O)CC1)N1CC[C@@]2(S(=O)(=O)c3ccccc3)c3ccc(OCc4c(F)cccc4F)cc3CC[C@@H]12. The largest absolute Gasteiger partial charge is 0.489 e. The number of fused-ring (bicyclic) bond motifs is 3. The Balaban J connectivity index is 1.36. The molecular weight excluding hydrogens is 584 g/mol. The van der Waals surface area contributed by atoms with Crippen LogP contribution >= 0.6 is 0 Å². The molecule has 0 saturated carbocycles. The first-order chi connectivity index (χ1) is 20.0. The third-order valence-electron chi connectivity index (χ3n) is 9.02. The average molecular weight is 616 g/mol. The summed E-state index contributed by atoms with van der Waals surface area (Å²) in [6, 6.07) is 16.2. The molecule has 3 aliphatic rings. The lowest BCUT2D eigenvalue weighted by molar-refractivity contribution is -0.137. The van der Waals surface area contributed by atoms with Crippen molar-refractivity contribution in [2.45, 2.75) is 54.4 Å². The van der Waals surface area contributed by atoms with Crippen LogP contribution in [0.2, 0.25) is 0 Å². The van der Waals surface area contributed by atoms with Crippen LogP contribution in [-0.4, -0.2) is 51.7 Å². The molecule has 0 spiro atoms. The molecule has 0 bridgehead atoms. The van der Waals surface area contributed by atoms with Gasteiger partial charge in [-0.3, -0.25) is 4.79 Å². The molecule has 0 N–H and O–H groups in total. The Labute approximate surface area is 244 Å². The van der Waals surface area contributed by atoms with Crippen molar-refractivity contribution in [3.05, 3.63) is 95.1 Å². The quantitative estimate of drug-likeness (QED) is 0.403. The minimum absolute atomic E-state index is 0.0439. The van der Waals surface area contributed by atoms with Crippen molar-refractivity contribution in [1.82, 2.24) is 4.90 Å². The maximum Gasteiger partial charge on any atom is 0.226 e. The molecule has 42 heavy (non-hydrogen) atoms. The molecule has 2 aliphatic heterocycles. The number of sulfone groups is 2. The van der Waals surface area contributed by atoms with E-state index in [0.29, 0.717) is 24.2 Å². The van der Waals surface area contributed by atoms with Crippen LogP contribution in [0.5, 0.6) is 5.75 Å². The number of hydrogen-bond acceptors (Lipinski definition) is 6. The van der Waals surface area contributed by atoms with Crippen LogP contribution in [0, 0.1) is 17.6 Å². The summed E-state index contributed by atoms with van der Waals surface area (Å²) in [6.45, 7) is -0.0875. The summed E-state index contributed by atoms with van der Waals surface area (Å²) >= 11 is 0. The minimum atomic E-state index is -4.00. The Bertz CT molecular complexity index is 1710. The van der Waals surface area contributed by atoms with Crippen molar-refractivity contribution in [3.63, 3.8) is 0 Å². The van der Waals surface area contributed by atoms with Gasteiger partial charge >= 0.3 is 0 Å². The van der Waals surface area contributed by atoms with Crippen molar-refractivity contribution in [2.24, 2.45) is 5.92 Å². The maximum absolute atomic E-state index is 14.5. The van der Waals surface area contributed by atoms with Gasteiger partial charge in [0.25, 0.3) is 0 Å². The number of benzene rings is 3. The van der Waals surface area contributed by atoms with Gasteiger partial charge in [0.05, 0.1) is 28.0 Å². The van der Waals surface area contributed by atoms with Crippen molar-refractivity contribution in [1.29, 1.82) is 0 Å². The first kappa shape index (κ1) is 28.8. The van der Waals surface area contributed by atoms with Gasteiger partial charge in [0.2, 0.25) is 5.91 Å². The van der Waals surface area contributed by atoms with Gasteiger partial charge in [0.15, 0.2) is 9.84 Å². The number of carbonyl (C=O) groups excluding carboxylic acids is 1. The van der Waals surface area contributed by atoms with Gasteiger partial charge in [-0.15, -0.1) is 0 Å². The van der Waals surface area contributed by atoms with Gasteiger partial charge in [0.1, 0.15) is 38.6 Å². The molecule has 0 unspecified atom stereocenters. The third-order valence-corrected chi connectivity index (χ3v) is 13.3. The molecule has 0 radical (unpaired) electrons. The predicted molar refractivity (Wildman–Crippen MR) is 152 cm³/mol. The summed E-state index contributed by atoms with van der Waals surface area (Å²) in [7, 11) is -7.16. The maximum atomic E-state index is 14.5. The smallest absolute Gasteiger partial charge is 0.226 e. The van der Waals surface area contributed by atoms with E-state index in [1.807, 2.05) is 0 Å². The molecule has 2 fully saturated rings. The first-order valence-electron chi connectivity index (χ1n) is 14.0. The van der Waals surface area contributed by atoms with E-state index in [4.69, 9.17) is 4.74 Å². The van der Waals surface area contributed by atoms with Gasteiger partial charge < -0.3 is 9.64 Å². The second kappa shape index (κ2) is 10.8. The highest BCUT2D eigenvalue weighted by atomic mass is 32.2. The predicted octanol–water partition coefficient (Wildman–Crippen LogP) is 4.58. The van der Waals surface area contributed by atoms with E-state index in [2.05, 4.69) is 0 Å². The van der Waals surface area contributed by atoms with Crippen LogP contribution < -0.4 is 4.74 Å².